The van der Waals surface area contributed by atoms with E-state index in [4.69, 9.17) is 5.73 Å². The van der Waals surface area contributed by atoms with E-state index in [9.17, 15) is 8.78 Å². The highest BCUT2D eigenvalue weighted by Crippen LogP contribution is 2.19. The normalized spacial score (nSPS) is 10.6. The van der Waals surface area contributed by atoms with E-state index in [-0.39, 0.29) is 5.75 Å². The maximum Gasteiger partial charge on any atom is 0.387 e. The lowest BCUT2D eigenvalue weighted by Crippen LogP contribution is -2.10. The molecule has 0 saturated heterocycles. The number of pyridine rings is 1. The van der Waals surface area contributed by atoms with Crippen molar-refractivity contribution >= 4 is 0 Å². The Morgan fingerprint density at radius 2 is 2.21 bits per heavy atom. The molecule has 2 N–H and O–H groups in total. The SMILES string of the molecule is Cc1ccc(OC(F)F)c(CCN)n1. The van der Waals surface area contributed by atoms with E-state index >= 15 is 0 Å². The Morgan fingerprint density at radius 1 is 1.50 bits per heavy atom. The summed E-state index contributed by atoms with van der Waals surface area (Å²) in [5.74, 6) is 0.107. The lowest BCUT2D eigenvalue weighted by molar-refractivity contribution is -0.0507. The lowest BCUT2D eigenvalue weighted by atomic mass is 10.2. The highest BCUT2D eigenvalue weighted by Gasteiger charge is 2.10. The average Bonchev–Trinajstić information content (AvgIpc) is 2.09. The Kier molecular flexibility index (Phi) is 3.76. The fourth-order valence-electron chi connectivity index (χ4n) is 1.12. The molecule has 14 heavy (non-hydrogen) atoms. The summed E-state index contributed by atoms with van der Waals surface area (Å²) in [6.45, 7) is -0.682. The molecule has 0 atom stereocenters. The molecule has 3 nitrogen and oxygen atoms in total. The van der Waals surface area contributed by atoms with Crippen LogP contribution in [0.2, 0.25) is 0 Å². The summed E-state index contributed by atoms with van der Waals surface area (Å²) >= 11 is 0. The molecule has 0 aromatic carbocycles. The van der Waals surface area contributed by atoms with Crippen LogP contribution < -0.4 is 10.5 Å². The van der Waals surface area contributed by atoms with Gasteiger partial charge in [-0.15, -0.1) is 0 Å². The van der Waals surface area contributed by atoms with Gasteiger partial charge in [0.1, 0.15) is 5.75 Å². The highest BCUT2D eigenvalue weighted by atomic mass is 19.3. The summed E-state index contributed by atoms with van der Waals surface area (Å²) in [6.07, 6.45) is 0.434. The Bertz CT molecular complexity index is 305. The van der Waals surface area contributed by atoms with Gasteiger partial charge >= 0.3 is 6.61 Å². The zero-order chi connectivity index (χ0) is 10.6. The monoisotopic (exact) mass is 202 g/mol. The number of ether oxygens (including phenoxy) is 1. The number of halogens is 2. The largest absolute Gasteiger partial charge is 0.433 e. The Hall–Kier alpha value is -1.23. The van der Waals surface area contributed by atoms with E-state index in [2.05, 4.69) is 9.72 Å². The third-order valence-corrected chi connectivity index (χ3v) is 1.67. The first-order chi connectivity index (χ1) is 6.63. The van der Waals surface area contributed by atoms with Gasteiger partial charge in [-0.25, -0.2) is 0 Å². The second kappa shape index (κ2) is 4.85. The predicted molar refractivity (Wildman–Crippen MR) is 48.4 cm³/mol. The predicted octanol–water partition coefficient (Wildman–Crippen LogP) is 1.49. The molecule has 0 spiro atoms. The van der Waals surface area contributed by atoms with Crippen molar-refractivity contribution in [3.63, 3.8) is 0 Å². The van der Waals surface area contributed by atoms with Gasteiger partial charge in [-0.3, -0.25) is 4.98 Å². The average molecular weight is 202 g/mol. The summed E-state index contributed by atoms with van der Waals surface area (Å²) in [6, 6.07) is 3.11. The van der Waals surface area contributed by atoms with Gasteiger partial charge in [0.2, 0.25) is 0 Å². The number of hydrogen-bond acceptors (Lipinski definition) is 3. The van der Waals surface area contributed by atoms with Crippen LogP contribution in [-0.2, 0) is 6.42 Å². The maximum absolute atomic E-state index is 12.0. The van der Waals surface area contributed by atoms with Crippen molar-refractivity contribution in [1.29, 1.82) is 0 Å². The van der Waals surface area contributed by atoms with Gasteiger partial charge in [0.05, 0.1) is 5.69 Å². The third-order valence-electron chi connectivity index (χ3n) is 1.67. The first-order valence-electron chi connectivity index (χ1n) is 4.25. The number of rotatable bonds is 4. The number of alkyl halides is 2. The van der Waals surface area contributed by atoms with Crippen LogP contribution in [0, 0.1) is 6.92 Å². The van der Waals surface area contributed by atoms with Gasteiger partial charge in [-0.2, -0.15) is 8.78 Å². The van der Waals surface area contributed by atoms with E-state index < -0.39 is 6.61 Å². The molecule has 0 amide bonds. The minimum atomic E-state index is -2.82. The second-order valence-electron chi connectivity index (χ2n) is 2.81. The van der Waals surface area contributed by atoms with Crippen molar-refractivity contribution in [3.05, 3.63) is 23.5 Å². The number of nitrogens with zero attached hydrogens (tertiary/aromatic N) is 1. The van der Waals surface area contributed by atoms with Gasteiger partial charge in [-0.1, -0.05) is 0 Å². The molecule has 78 valence electrons. The van der Waals surface area contributed by atoms with Gasteiger partial charge in [0.25, 0.3) is 0 Å². The van der Waals surface area contributed by atoms with Crippen LogP contribution in [0.4, 0.5) is 8.78 Å². The molecule has 1 aromatic heterocycles. The number of aromatic nitrogens is 1. The molecule has 1 heterocycles. The van der Waals surface area contributed by atoms with E-state index in [1.165, 1.54) is 6.07 Å². The second-order valence-corrected chi connectivity index (χ2v) is 2.81. The van der Waals surface area contributed by atoms with Crippen molar-refractivity contribution in [2.75, 3.05) is 6.54 Å². The summed E-state index contributed by atoms with van der Waals surface area (Å²) in [5, 5.41) is 0. The quantitative estimate of drug-likeness (QED) is 0.804. The topological polar surface area (TPSA) is 48.1 Å². The summed E-state index contributed by atoms with van der Waals surface area (Å²) in [4.78, 5) is 4.08. The van der Waals surface area contributed by atoms with E-state index in [1.54, 1.807) is 13.0 Å². The fourth-order valence-corrected chi connectivity index (χ4v) is 1.12. The first kappa shape index (κ1) is 10.8. The van der Waals surface area contributed by atoms with Crippen molar-refractivity contribution in [2.24, 2.45) is 5.73 Å². The number of hydrogen-bond donors (Lipinski definition) is 1. The summed E-state index contributed by atoms with van der Waals surface area (Å²) < 4.78 is 28.2. The summed E-state index contributed by atoms with van der Waals surface area (Å²) in [7, 11) is 0. The molecule has 0 aliphatic rings. The molecule has 0 saturated carbocycles. The van der Waals surface area contributed by atoms with Gasteiger partial charge in [-0.05, 0) is 25.6 Å². The molecule has 0 unspecified atom stereocenters. The first-order valence-corrected chi connectivity index (χ1v) is 4.25. The molecule has 0 radical (unpaired) electrons. The summed E-state index contributed by atoms with van der Waals surface area (Å²) in [5.41, 5.74) is 6.57. The minimum Gasteiger partial charge on any atom is -0.433 e. The lowest BCUT2D eigenvalue weighted by Gasteiger charge is -2.09. The van der Waals surface area contributed by atoms with Crippen molar-refractivity contribution < 1.29 is 13.5 Å². The zero-order valence-corrected chi connectivity index (χ0v) is 7.84. The van der Waals surface area contributed by atoms with Crippen LogP contribution in [0.25, 0.3) is 0 Å². The third kappa shape index (κ3) is 2.92. The molecule has 0 fully saturated rings. The van der Waals surface area contributed by atoms with E-state index in [0.29, 0.717) is 18.7 Å². The van der Waals surface area contributed by atoms with Crippen LogP contribution in [0.1, 0.15) is 11.4 Å². The van der Waals surface area contributed by atoms with Gasteiger partial charge < -0.3 is 10.5 Å². The smallest absolute Gasteiger partial charge is 0.387 e. The zero-order valence-electron chi connectivity index (χ0n) is 7.84. The Labute approximate surface area is 80.9 Å². The fraction of sp³-hybridized carbons (Fsp3) is 0.444. The Balaban J connectivity index is 2.89. The Morgan fingerprint density at radius 3 is 2.79 bits per heavy atom. The van der Waals surface area contributed by atoms with Crippen molar-refractivity contribution in [2.45, 2.75) is 20.0 Å². The molecule has 5 heteroatoms. The molecule has 0 aliphatic carbocycles. The minimum absolute atomic E-state index is 0.107. The number of nitrogens with two attached hydrogens (primary N) is 1. The highest BCUT2D eigenvalue weighted by molar-refractivity contribution is 5.29. The molecule has 0 aliphatic heterocycles. The molecule has 1 aromatic rings. The number of aryl methyl sites for hydroxylation is 1. The maximum atomic E-state index is 12.0. The van der Waals surface area contributed by atoms with Crippen molar-refractivity contribution in [1.82, 2.24) is 4.98 Å². The van der Waals surface area contributed by atoms with Gasteiger partial charge in [0, 0.05) is 12.1 Å². The van der Waals surface area contributed by atoms with E-state index in [1.807, 2.05) is 0 Å². The van der Waals surface area contributed by atoms with Crippen LogP contribution in [-0.4, -0.2) is 18.1 Å². The van der Waals surface area contributed by atoms with Gasteiger partial charge in [0.15, 0.2) is 0 Å². The molecule has 0 bridgehead atoms. The molecular weight excluding hydrogens is 190 g/mol. The molecular formula is C9H12F2N2O. The van der Waals surface area contributed by atoms with Crippen molar-refractivity contribution in [3.8, 4) is 5.75 Å². The standard InChI is InChI=1S/C9H12F2N2O/c1-6-2-3-8(14-9(10)11)7(13-6)4-5-12/h2-3,9H,4-5,12H2,1H3. The van der Waals surface area contributed by atoms with Crippen LogP contribution >= 0.6 is 0 Å². The van der Waals surface area contributed by atoms with E-state index in [0.717, 1.165) is 5.69 Å². The van der Waals surface area contributed by atoms with Crippen LogP contribution in [0.5, 0.6) is 5.75 Å². The van der Waals surface area contributed by atoms with Crippen LogP contribution in [0.15, 0.2) is 12.1 Å². The molecule has 1 rings (SSSR count). The van der Waals surface area contributed by atoms with Crippen LogP contribution in [0.3, 0.4) is 0 Å².